The fraction of sp³-hybridized carbons (Fsp3) is 0.292. The van der Waals surface area contributed by atoms with Crippen LogP contribution in [0.2, 0.25) is 5.02 Å². The molecule has 0 unspecified atom stereocenters. The lowest BCUT2D eigenvalue weighted by atomic mass is 9.95. The van der Waals surface area contributed by atoms with Gasteiger partial charge in [-0.2, -0.15) is 0 Å². The second kappa shape index (κ2) is 8.66. The van der Waals surface area contributed by atoms with Crippen LogP contribution in [0.1, 0.15) is 26.3 Å². The zero-order chi connectivity index (χ0) is 20.1. The summed E-state index contributed by atoms with van der Waals surface area (Å²) in [6, 6.07) is 21.8. The molecule has 0 spiro atoms. The Labute approximate surface area is 171 Å². The molecule has 3 aromatic rings. The number of ether oxygens (including phenoxy) is 1. The summed E-state index contributed by atoms with van der Waals surface area (Å²) < 4.78 is 5.86. The van der Waals surface area contributed by atoms with Gasteiger partial charge in [0.25, 0.3) is 5.91 Å². The van der Waals surface area contributed by atoms with E-state index >= 15 is 0 Å². The maximum absolute atomic E-state index is 12.6. The maximum atomic E-state index is 12.6. The first-order chi connectivity index (χ1) is 13.3. The standard InChI is InChI=1S/C24H26ClNO2/c1-17(15-19-9-6-8-18-7-4-5-10-22(18)19)16-26-23(27)24(2,3)28-21-13-11-20(25)12-14-21/h4-14,17H,15-16H2,1-3H3,(H,26,27)/t17-/m0/s1. The number of halogens is 1. The first kappa shape index (κ1) is 20.2. The molecule has 3 nitrogen and oxygen atoms in total. The van der Waals surface area contributed by atoms with Crippen molar-refractivity contribution in [2.24, 2.45) is 5.92 Å². The lowest BCUT2D eigenvalue weighted by molar-refractivity contribution is -0.134. The molecule has 0 fully saturated rings. The van der Waals surface area contributed by atoms with Gasteiger partial charge in [-0.3, -0.25) is 4.79 Å². The summed E-state index contributed by atoms with van der Waals surface area (Å²) in [6.07, 6.45) is 0.903. The summed E-state index contributed by atoms with van der Waals surface area (Å²) in [4.78, 5) is 12.6. The van der Waals surface area contributed by atoms with E-state index in [1.54, 1.807) is 38.1 Å². The van der Waals surface area contributed by atoms with Gasteiger partial charge >= 0.3 is 0 Å². The molecule has 0 aliphatic heterocycles. The molecule has 3 aromatic carbocycles. The molecule has 28 heavy (non-hydrogen) atoms. The van der Waals surface area contributed by atoms with Gasteiger partial charge in [-0.25, -0.2) is 0 Å². The van der Waals surface area contributed by atoms with Crippen LogP contribution in [-0.2, 0) is 11.2 Å². The highest BCUT2D eigenvalue weighted by atomic mass is 35.5. The van der Waals surface area contributed by atoms with E-state index in [9.17, 15) is 4.79 Å². The summed E-state index contributed by atoms with van der Waals surface area (Å²) in [5.74, 6) is 0.793. The summed E-state index contributed by atoms with van der Waals surface area (Å²) in [6.45, 7) is 6.28. The number of hydrogen-bond donors (Lipinski definition) is 1. The van der Waals surface area contributed by atoms with E-state index in [-0.39, 0.29) is 5.91 Å². The van der Waals surface area contributed by atoms with Gasteiger partial charge in [-0.15, -0.1) is 0 Å². The Morgan fingerprint density at radius 1 is 1.04 bits per heavy atom. The number of carbonyl (C=O) groups excluding carboxylic acids is 1. The highest BCUT2D eigenvalue weighted by Crippen LogP contribution is 2.22. The van der Waals surface area contributed by atoms with Gasteiger partial charge in [-0.1, -0.05) is 61.0 Å². The third-order valence-corrected chi connectivity index (χ3v) is 5.04. The Balaban J connectivity index is 1.57. The fourth-order valence-electron chi connectivity index (χ4n) is 3.24. The van der Waals surface area contributed by atoms with Gasteiger partial charge in [0.15, 0.2) is 5.60 Å². The Morgan fingerprint density at radius 2 is 1.71 bits per heavy atom. The Kier molecular flexibility index (Phi) is 6.25. The first-order valence-electron chi connectivity index (χ1n) is 9.55. The van der Waals surface area contributed by atoms with Crippen LogP contribution in [0.25, 0.3) is 10.8 Å². The SMILES string of the molecule is C[C@H](CNC(=O)C(C)(C)Oc1ccc(Cl)cc1)Cc1cccc2ccccc12. The summed E-state index contributed by atoms with van der Waals surface area (Å²) in [5, 5.41) is 6.19. The van der Waals surface area contributed by atoms with E-state index in [1.807, 2.05) is 0 Å². The lowest BCUT2D eigenvalue weighted by Crippen LogP contribution is -2.47. The molecule has 0 saturated heterocycles. The minimum Gasteiger partial charge on any atom is -0.478 e. The molecule has 0 aromatic heterocycles. The van der Waals surface area contributed by atoms with Crippen LogP contribution < -0.4 is 10.1 Å². The van der Waals surface area contributed by atoms with E-state index in [2.05, 4.69) is 54.7 Å². The minimum absolute atomic E-state index is 0.132. The van der Waals surface area contributed by atoms with Gasteiger partial charge < -0.3 is 10.1 Å². The van der Waals surface area contributed by atoms with Crippen molar-refractivity contribution in [2.45, 2.75) is 32.8 Å². The smallest absolute Gasteiger partial charge is 0.263 e. The summed E-state index contributed by atoms with van der Waals surface area (Å²) in [7, 11) is 0. The van der Waals surface area contributed by atoms with Gasteiger partial charge in [0.1, 0.15) is 5.75 Å². The van der Waals surface area contributed by atoms with Crippen molar-refractivity contribution in [1.82, 2.24) is 5.32 Å². The van der Waals surface area contributed by atoms with Gasteiger partial charge in [-0.05, 0) is 66.8 Å². The number of carbonyl (C=O) groups is 1. The second-order valence-corrected chi connectivity index (χ2v) is 8.16. The number of amides is 1. The predicted octanol–water partition coefficient (Wildman–Crippen LogP) is 5.65. The van der Waals surface area contributed by atoms with Crippen molar-refractivity contribution in [2.75, 3.05) is 6.54 Å². The Morgan fingerprint density at radius 3 is 2.46 bits per heavy atom. The zero-order valence-electron chi connectivity index (χ0n) is 16.5. The third-order valence-electron chi connectivity index (χ3n) is 4.79. The quantitative estimate of drug-likeness (QED) is 0.561. The molecule has 1 atom stereocenters. The molecule has 4 heteroatoms. The van der Waals surface area contributed by atoms with E-state index in [4.69, 9.17) is 16.3 Å². The molecule has 0 heterocycles. The highest BCUT2D eigenvalue weighted by molar-refractivity contribution is 6.30. The Bertz CT molecular complexity index is 945. The van der Waals surface area contributed by atoms with Gasteiger partial charge in [0.05, 0.1) is 0 Å². The predicted molar refractivity (Wildman–Crippen MR) is 116 cm³/mol. The van der Waals surface area contributed by atoms with Crippen molar-refractivity contribution in [3.8, 4) is 5.75 Å². The molecular weight excluding hydrogens is 370 g/mol. The van der Waals surface area contributed by atoms with E-state index < -0.39 is 5.60 Å². The summed E-state index contributed by atoms with van der Waals surface area (Å²) >= 11 is 5.90. The normalized spacial score (nSPS) is 12.6. The average molecular weight is 396 g/mol. The van der Waals surface area contributed by atoms with Crippen LogP contribution in [0.15, 0.2) is 66.7 Å². The van der Waals surface area contributed by atoms with E-state index in [0.29, 0.717) is 23.2 Å². The molecule has 1 N–H and O–H groups in total. The van der Waals surface area contributed by atoms with Crippen molar-refractivity contribution in [3.05, 3.63) is 77.3 Å². The number of hydrogen-bond acceptors (Lipinski definition) is 2. The molecule has 0 aliphatic carbocycles. The van der Waals surface area contributed by atoms with Crippen LogP contribution in [-0.4, -0.2) is 18.1 Å². The van der Waals surface area contributed by atoms with Crippen molar-refractivity contribution in [3.63, 3.8) is 0 Å². The lowest BCUT2D eigenvalue weighted by Gasteiger charge is -2.26. The van der Waals surface area contributed by atoms with Crippen LogP contribution >= 0.6 is 11.6 Å². The molecule has 146 valence electrons. The van der Waals surface area contributed by atoms with Crippen LogP contribution in [0.3, 0.4) is 0 Å². The highest BCUT2D eigenvalue weighted by Gasteiger charge is 2.30. The fourth-order valence-corrected chi connectivity index (χ4v) is 3.37. The minimum atomic E-state index is -0.965. The number of benzene rings is 3. The molecule has 3 rings (SSSR count). The topological polar surface area (TPSA) is 38.3 Å². The van der Waals surface area contributed by atoms with Crippen molar-refractivity contribution in [1.29, 1.82) is 0 Å². The molecule has 1 amide bonds. The molecule has 0 radical (unpaired) electrons. The van der Waals surface area contributed by atoms with Crippen LogP contribution in [0.5, 0.6) is 5.75 Å². The van der Waals surface area contributed by atoms with Gasteiger partial charge in [0.2, 0.25) is 0 Å². The largest absolute Gasteiger partial charge is 0.478 e. The van der Waals surface area contributed by atoms with E-state index in [1.165, 1.54) is 16.3 Å². The average Bonchev–Trinajstić information content (AvgIpc) is 2.68. The van der Waals surface area contributed by atoms with Crippen molar-refractivity contribution < 1.29 is 9.53 Å². The maximum Gasteiger partial charge on any atom is 0.263 e. The van der Waals surface area contributed by atoms with Crippen molar-refractivity contribution >= 4 is 28.3 Å². The zero-order valence-corrected chi connectivity index (χ0v) is 17.3. The summed E-state index contributed by atoms with van der Waals surface area (Å²) in [5.41, 5.74) is 0.337. The monoisotopic (exact) mass is 395 g/mol. The number of fused-ring (bicyclic) bond motifs is 1. The molecule has 0 saturated carbocycles. The van der Waals surface area contributed by atoms with Gasteiger partial charge in [0, 0.05) is 11.6 Å². The second-order valence-electron chi connectivity index (χ2n) is 7.72. The number of rotatable bonds is 7. The third kappa shape index (κ3) is 5.05. The molecule has 0 bridgehead atoms. The van der Waals surface area contributed by atoms with Crippen LogP contribution in [0.4, 0.5) is 0 Å². The van der Waals surface area contributed by atoms with Crippen LogP contribution in [0, 0.1) is 5.92 Å². The first-order valence-corrected chi connectivity index (χ1v) is 9.92. The Hall–Kier alpha value is -2.52. The molecule has 0 aliphatic rings. The molecular formula is C24H26ClNO2. The van der Waals surface area contributed by atoms with E-state index in [0.717, 1.165) is 6.42 Å². The number of nitrogens with one attached hydrogen (secondary N) is 1.